The van der Waals surface area contributed by atoms with Gasteiger partial charge in [0.25, 0.3) is 0 Å². The maximum Gasteiger partial charge on any atom is 0.305 e. The Hall–Kier alpha value is -2.63. The first-order valence-electron chi connectivity index (χ1n) is 8.17. The molecule has 6 heteroatoms. The highest BCUT2D eigenvalue weighted by Crippen LogP contribution is 2.37. The van der Waals surface area contributed by atoms with Gasteiger partial charge in [0.15, 0.2) is 5.78 Å². The minimum Gasteiger partial charge on any atom is -0.511 e. The van der Waals surface area contributed by atoms with Gasteiger partial charge in [-0.2, -0.15) is 0 Å². The molecule has 25 heavy (non-hydrogen) atoms. The van der Waals surface area contributed by atoms with E-state index in [1.54, 1.807) is 24.3 Å². The molecule has 0 saturated heterocycles. The number of carbonyl (C=O) groups excluding carboxylic acids is 2. The molecule has 0 aliphatic heterocycles. The second-order valence-corrected chi connectivity index (χ2v) is 6.99. The first-order valence-corrected chi connectivity index (χ1v) is 8.17. The summed E-state index contributed by atoms with van der Waals surface area (Å²) in [6.45, 7) is 3.87. The normalized spacial score (nSPS) is 17.6. The largest absolute Gasteiger partial charge is 0.511 e. The van der Waals surface area contributed by atoms with Crippen molar-refractivity contribution in [1.82, 2.24) is 0 Å². The Bertz CT molecular complexity index is 730. The maximum atomic E-state index is 12.6. The van der Waals surface area contributed by atoms with Gasteiger partial charge in [-0.15, -0.1) is 0 Å². The van der Waals surface area contributed by atoms with E-state index in [0.29, 0.717) is 29.9 Å². The molecule has 6 nitrogen and oxygen atoms in total. The number of carbonyl (C=O) groups is 2. The third kappa shape index (κ3) is 4.92. The second-order valence-electron chi connectivity index (χ2n) is 6.99. The number of aliphatic imine (C=N–C) groups is 1. The highest BCUT2D eigenvalue weighted by atomic mass is 16.5. The number of rotatable bonds is 5. The number of allylic oxidation sites excluding steroid dienone is 2. The molecule has 1 aliphatic rings. The van der Waals surface area contributed by atoms with E-state index >= 15 is 0 Å². The van der Waals surface area contributed by atoms with Gasteiger partial charge >= 0.3 is 5.97 Å². The Balaban J connectivity index is 2.42. The smallest absolute Gasteiger partial charge is 0.305 e. The van der Waals surface area contributed by atoms with E-state index in [1.165, 1.54) is 7.11 Å². The predicted molar refractivity (Wildman–Crippen MR) is 96.9 cm³/mol. The van der Waals surface area contributed by atoms with Crippen LogP contribution in [0.3, 0.4) is 0 Å². The lowest BCUT2D eigenvalue weighted by Crippen LogP contribution is -2.29. The molecule has 2 rings (SSSR count). The number of anilines is 1. The van der Waals surface area contributed by atoms with Gasteiger partial charge in [-0.05, 0) is 29.7 Å². The van der Waals surface area contributed by atoms with Gasteiger partial charge < -0.3 is 15.6 Å². The summed E-state index contributed by atoms with van der Waals surface area (Å²) < 4.78 is 4.67. The molecule has 0 fully saturated rings. The summed E-state index contributed by atoms with van der Waals surface area (Å²) in [7, 11) is 1.31. The lowest BCUT2D eigenvalue weighted by atomic mass is 9.75. The van der Waals surface area contributed by atoms with Crippen LogP contribution in [0.2, 0.25) is 0 Å². The van der Waals surface area contributed by atoms with Crippen molar-refractivity contribution in [1.29, 1.82) is 0 Å². The van der Waals surface area contributed by atoms with E-state index in [4.69, 9.17) is 5.73 Å². The lowest BCUT2D eigenvalue weighted by Gasteiger charge is -2.30. The van der Waals surface area contributed by atoms with Crippen LogP contribution in [0.15, 0.2) is 40.6 Å². The highest BCUT2D eigenvalue weighted by Gasteiger charge is 2.35. The SMILES string of the molecule is COC(=O)CCC(=Nc1ccc(N)cc1)C1=C(O)CC(C)(C)CC1=O. The number of ketones is 1. The number of hydrogen-bond acceptors (Lipinski definition) is 6. The molecule has 0 bridgehead atoms. The number of nitrogens with zero attached hydrogens (tertiary/aromatic N) is 1. The van der Waals surface area contributed by atoms with Crippen LogP contribution in [0.5, 0.6) is 0 Å². The van der Waals surface area contributed by atoms with Crippen molar-refractivity contribution in [3.05, 3.63) is 35.6 Å². The summed E-state index contributed by atoms with van der Waals surface area (Å²) in [5.41, 5.74) is 7.21. The maximum absolute atomic E-state index is 12.6. The molecular weight excluding hydrogens is 320 g/mol. The van der Waals surface area contributed by atoms with E-state index < -0.39 is 5.97 Å². The fraction of sp³-hybridized carbons (Fsp3) is 0.421. The average Bonchev–Trinajstić information content (AvgIpc) is 2.52. The number of nitrogen functional groups attached to an aromatic ring is 1. The van der Waals surface area contributed by atoms with Crippen LogP contribution in [-0.4, -0.2) is 29.7 Å². The molecule has 0 aromatic heterocycles. The van der Waals surface area contributed by atoms with Gasteiger partial charge in [-0.1, -0.05) is 13.8 Å². The number of ether oxygens (including phenoxy) is 1. The Labute approximate surface area is 147 Å². The molecule has 1 aromatic rings. The van der Waals surface area contributed by atoms with Crippen LogP contribution in [-0.2, 0) is 14.3 Å². The van der Waals surface area contributed by atoms with Gasteiger partial charge in [-0.3, -0.25) is 14.6 Å². The summed E-state index contributed by atoms with van der Waals surface area (Å²) in [4.78, 5) is 28.6. The molecule has 0 atom stereocenters. The zero-order valence-corrected chi connectivity index (χ0v) is 14.8. The fourth-order valence-corrected chi connectivity index (χ4v) is 2.88. The third-order valence-corrected chi connectivity index (χ3v) is 4.09. The Kier molecular flexibility index (Phi) is 5.62. The molecule has 0 spiro atoms. The first kappa shape index (κ1) is 18.7. The number of Topliss-reactive ketones (excluding diaryl/α,β-unsaturated/α-hetero) is 1. The second kappa shape index (κ2) is 7.51. The van der Waals surface area contributed by atoms with Crippen molar-refractivity contribution >= 4 is 28.8 Å². The number of nitrogens with two attached hydrogens (primary N) is 1. The zero-order chi connectivity index (χ0) is 18.6. The molecular formula is C19H24N2O4. The van der Waals surface area contributed by atoms with E-state index in [9.17, 15) is 14.7 Å². The molecule has 0 unspecified atom stereocenters. The molecule has 3 N–H and O–H groups in total. The number of methoxy groups -OCH3 is 1. The summed E-state index contributed by atoms with van der Waals surface area (Å²) >= 11 is 0. The van der Waals surface area contributed by atoms with Gasteiger partial charge in [0, 0.05) is 24.9 Å². The Morgan fingerprint density at radius 2 is 1.88 bits per heavy atom. The summed E-state index contributed by atoms with van der Waals surface area (Å²) in [6.07, 6.45) is 1.01. The minimum absolute atomic E-state index is 0.0281. The van der Waals surface area contributed by atoms with Crippen LogP contribution < -0.4 is 5.73 Å². The lowest BCUT2D eigenvalue weighted by molar-refractivity contribution is -0.140. The average molecular weight is 344 g/mol. The monoisotopic (exact) mass is 344 g/mol. The van der Waals surface area contributed by atoms with Crippen LogP contribution in [0.1, 0.15) is 39.5 Å². The fourth-order valence-electron chi connectivity index (χ4n) is 2.88. The molecule has 0 radical (unpaired) electrons. The van der Waals surface area contributed by atoms with Crippen molar-refractivity contribution in [2.24, 2.45) is 10.4 Å². The number of hydrogen-bond donors (Lipinski definition) is 2. The molecule has 1 aromatic carbocycles. The van der Waals surface area contributed by atoms with Crippen molar-refractivity contribution in [3.63, 3.8) is 0 Å². The van der Waals surface area contributed by atoms with Crippen molar-refractivity contribution in [2.75, 3.05) is 12.8 Å². The van der Waals surface area contributed by atoms with E-state index in [0.717, 1.165) is 0 Å². The van der Waals surface area contributed by atoms with E-state index in [-0.39, 0.29) is 35.4 Å². The number of aliphatic hydroxyl groups excluding tert-OH is 1. The molecule has 0 heterocycles. The minimum atomic E-state index is -0.395. The molecule has 0 saturated carbocycles. The van der Waals surface area contributed by atoms with Crippen LogP contribution in [0, 0.1) is 5.41 Å². The van der Waals surface area contributed by atoms with Gasteiger partial charge in [0.05, 0.1) is 30.5 Å². The summed E-state index contributed by atoms with van der Waals surface area (Å²) in [5, 5.41) is 10.4. The Morgan fingerprint density at radius 1 is 1.24 bits per heavy atom. The first-order chi connectivity index (χ1) is 11.7. The van der Waals surface area contributed by atoms with Crippen LogP contribution >= 0.6 is 0 Å². The number of aliphatic hydroxyl groups is 1. The van der Waals surface area contributed by atoms with Crippen molar-refractivity contribution in [2.45, 2.75) is 39.5 Å². The number of esters is 1. The van der Waals surface area contributed by atoms with Crippen LogP contribution in [0.25, 0.3) is 0 Å². The summed E-state index contributed by atoms with van der Waals surface area (Å²) in [6, 6.07) is 6.86. The van der Waals surface area contributed by atoms with E-state index in [2.05, 4.69) is 9.73 Å². The predicted octanol–water partition coefficient (Wildman–Crippen LogP) is 3.50. The van der Waals surface area contributed by atoms with Gasteiger partial charge in [-0.25, -0.2) is 0 Å². The Morgan fingerprint density at radius 3 is 2.44 bits per heavy atom. The number of benzene rings is 1. The molecule has 134 valence electrons. The van der Waals surface area contributed by atoms with Crippen molar-refractivity contribution < 1.29 is 19.4 Å². The highest BCUT2D eigenvalue weighted by molar-refractivity contribution is 6.24. The molecule has 1 aliphatic carbocycles. The topological polar surface area (TPSA) is 102 Å². The standard InChI is InChI=1S/C19H24N2O4/c1-19(2)10-15(22)18(16(23)11-19)14(8-9-17(24)25-3)21-13-6-4-12(20)5-7-13/h4-7,22H,8-11,20H2,1-3H3. The van der Waals surface area contributed by atoms with Crippen molar-refractivity contribution in [3.8, 4) is 0 Å². The van der Waals surface area contributed by atoms with Crippen LogP contribution in [0.4, 0.5) is 11.4 Å². The molecule has 0 amide bonds. The summed E-state index contributed by atoms with van der Waals surface area (Å²) in [5.74, 6) is -0.526. The van der Waals surface area contributed by atoms with Gasteiger partial charge in [0.2, 0.25) is 0 Å². The third-order valence-electron chi connectivity index (χ3n) is 4.09. The van der Waals surface area contributed by atoms with E-state index in [1.807, 2.05) is 13.8 Å². The zero-order valence-electron chi connectivity index (χ0n) is 14.8. The quantitative estimate of drug-likeness (QED) is 0.483. The van der Waals surface area contributed by atoms with Gasteiger partial charge in [0.1, 0.15) is 5.76 Å².